The number of benzene rings is 2. The number of hydrogen-bond acceptors (Lipinski definition) is 6. The molecule has 0 spiro atoms. The van der Waals surface area contributed by atoms with Crippen molar-refractivity contribution in [3.8, 4) is 0 Å². The van der Waals surface area contributed by atoms with Gasteiger partial charge in [0, 0.05) is 32.8 Å². The zero-order valence-electron chi connectivity index (χ0n) is 19.6. The van der Waals surface area contributed by atoms with Crippen LogP contribution < -0.4 is 5.32 Å². The summed E-state index contributed by atoms with van der Waals surface area (Å²) in [6.45, 7) is 1.79. The van der Waals surface area contributed by atoms with E-state index in [1.807, 2.05) is 60.7 Å². The molecule has 1 amide bonds. The molecule has 180 valence electrons. The summed E-state index contributed by atoms with van der Waals surface area (Å²) in [6, 6.07) is 19.3. The third-order valence-corrected chi connectivity index (χ3v) is 6.17. The van der Waals surface area contributed by atoms with E-state index >= 15 is 0 Å². The van der Waals surface area contributed by atoms with Crippen molar-refractivity contribution in [1.82, 2.24) is 10.2 Å². The van der Waals surface area contributed by atoms with Crippen LogP contribution in [0.25, 0.3) is 0 Å². The minimum absolute atomic E-state index is 0.179. The second-order valence-electron chi connectivity index (χ2n) is 8.56. The molecule has 1 heterocycles. The van der Waals surface area contributed by atoms with Gasteiger partial charge in [-0.2, -0.15) is 0 Å². The molecule has 7 nitrogen and oxygen atoms in total. The lowest BCUT2D eigenvalue weighted by Crippen LogP contribution is -2.52. The summed E-state index contributed by atoms with van der Waals surface area (Å²) >= 11 is 0. The predicted octanol–water partition coefficient (Wildman–Crippen LogP) is 3.01. The van der Waals surface area contributed by atoms with Gasteiger partial charge in [-0.3, -0.25) is 4.90 Å². The van der Waals surface area contributed by atoms with E-state index in [9.17, 15) is 9.90 Å². The molecule has 1 aliphatic rings. The van der Waals surface area contributed by atoms with Crippen molar-refractivity contribution in [2.75, 3.05) is 34.0 Å². The Labute approximate surface area is 196 Å². The number of β-amino-alcohol motifs (C(OH)–C–C–N with tert-alkyl or cyclic N) is 1. The topological polar surface area (TPSA) is 80.3 Å². The fraction of sp³-hybridized carbons (Fsp3) is 0.500. The number of aliphatic hydroxyl groups excluding tert-OH is 1. The average Bonchev–Trinajstić information content (AvgIpc) is 3.20. The molecule has 4 atom stereocenters. The third kappa shape index (κ3) is 7.82. The zero-order chi connectivity index (χ0) is 23.5. The molecule has 0 saturated carbocycles. The van der Waals surface area contributed by atoms with Gasteiger partial charge >= 0.3 is 6.09 Å². The SMILES string of the molecule is COC[C@H]1CC[C@@H](COC)N1C[C@@H](O)[C@H](Cc1ccccc1)NC(=O)OCc1ccccc1. The molecule has 2 aromatic carbocycles. The smallest absolute Gasteiger partial charge is 0.407 e. The molecule has 0 aromatic heterocycles. The summed E-state index contributed by atoms with van der Waals surface area (Å²) in [6.07, 6.45) is 1.16. The number of rotatable bonds is 12. The van der Waals surface area contributed by atoms with Gasteiger partial charge in [0.05, 0.1) is 25.4 Å². The summed E-state index contributed by atoms with van der Waals surface area (Å²) in [4.78, 5) is 14.9. The standard InChI is InChI=1S/C26H36N2O5/c1-31-18-22-13-14-23(19-32-2)28(22)16-25(29)24(15-20-9-5-3-6-10-20)27-26(30)33-17-21-11-7-4-8-12-21/h3-12,22-25,29H,13-19H2,1-2H3,(H,27,30)/t22-,23+,24-,25+/m0/s1. The van der Waals surface area contributed by atoms with Crippen molar-refractivity contribution in [3.63, 3.8) is 0 Å². The summed E-state index contributed by atoms with van der Waals surface area (Å²) in [7, 11) is 3.39. The number of carbonyl (C=O) groups excluding carboxylic acids is 1. The Morgan fingerprint density at radius 2 is 1.52 bits per heavy atom. The quantitative estimate of drug-likeness (QED) is 0.511. The Kier molecular flexibility index (Phi) is 10.2. The molecule has 2 aromatic rings. The largest absolute Gasteiger partial charge is 0.445 e. The molecular weight excluding hydrogens is 420 g/mol. The van der Waals surface area contributed by atoms with Crippen LogP contribution in [-0.4, -0.2) is 74.3 Å². The lowest BCUT2D eigenvalue weighted by molar-refractivity contribution is 0.0158. The number of ether oxygens (including phenoxy) is 3. The van der Waals surface area contributed by atoms with Crippen LogP contribution in [0, 0.1) is 0 Å². The predicted molar refractivity (Wildman–Crippen MR) is 127 cm³/mol. The van der Waals surface area contributed by atoms with Crippen molar-refractivity contribution in [2.45, 2.75) is 50.1 Å². The Hall–Kier alpha value is -2.45. The maximum absolute atomic E-state index is 12.6. The van der Waals surface area contributed by atoms with E-state index in [0.717, 1.165) is 24.0 Å². The highest BCUT2D eigenvalue weighted by Crippen LogP contribution is 2.25. The molecule has 0 unspecified atom stereocenters. The van der Waals surface area contributed by atoms with Crippen LogP contribution in [0.2, 0.25) is 0 Å². The van der Waals surface area contributed by atoms with E-state index in [1.54, 1.807) is 14.2 Å². The maximum Gasteiger partial charge on any atom is 0.407 e. The third-order valence-electron chi connectivity index (χ3n) is 6.17. The second-order valence-corrected chi connectivity index (χ2v) is 8.56. The second kappa shape index (κ2) is 13.3. The Balaban J connectivity index is 1.67. The van der Waals surface area contributed by atoms with Crippen LogP contribution in [0.15, 0.2) is 60.7 Å². The van der Waals surface area contributed by atoms with Gasteiger partial charge in [-0.1, -0.05) is 60.7 Å². The molecule has 1 aliphatic heterocycles. The summed E-state index contributed by atoms with van der Waals surface area (Å²) in [5.74, 6) is 0. The summed E-state index contributed by atoms with van der Waals surface area (Å²) in [5.41, 5.74) is 1.95. The van der Waals surface area contributed by atoms with Crippen molar-refractivity contribution in [3.05, 3.63) is 71.8 Å². The highest BCUT2D eigenvalue weighted by atomic mass is 16.5. The first-order valence-electron chi connectivity index (χ1n) is 11.5. The van der Waals surface area contributed by atoms with Gasteiger partial charge in [0.1, 0.15) is 6.61 Å². The lowest BCUT2D eigenvalue weighted by atomic mass is 10.0. The van der Waals surface area contributed by atoms with E-state index in [4.69, 9.17) is 14.2 Å². The zero-order valence-corrected chi connectivity index (χ0v) is 19.6. The first-order valence-corrected chi connectivity index (χ1v) is 11.5. The van der Waals surface area contributed by atoms with E-state index in [1.165, 1.54) is 0 Å². The van der Waals surface area contributed by atoms with Crippen LogP contribution >= 0.6 is 0 Å². The van der Waals surface area contributed by atoms with Crippen molar-refractivity contribution in [1.29, 1.82) is 0 Å². The molecule has 0 radical (unpaired) electrons. The van der Waals surface area contributed by atoms with Crippen LogP contribution in [0.4, 0.5) is 4.79 Å². The summed E-state index contributed by atoms with van der Waals surface area (Å²) < 4.78 is 16.2. The lowest BCUT2D eigenvalue weighted by Gasteiger charge is -2.34. The van der Waals surface area contributed by atoms with Gasteiger partial charge in [0.2, 0.25) is 0 Å². The van der Waals surface area contributed by atoms with Gasteiger partial charge in [-0.05, 0) is 30.4 Å². The molecule has 1 saturated heterocycles. The highest BCUT2D eigenvalue weighted by Gasteiger charge is 2.36. The van der Waals surface area contributed by atoms with Crippen molar-refractivity contribution >= 4 is 6.09 Å². The number of nitrogens with one attached hydrogen (secondary N) is 1. The first-order chi connectivity index (χ1) is 16.1. The van der Waals surface area contributed by atoms with E-state index in [0.29, 0.717) is 26.2 Å². The number of nitrogens with zero attached hydrogens (tertiary/aromatic N) is 1. The molecular formula is C26H36N2O5. The van der Waals surface area contributed by atoms with E-state index in [-0.39, 0.29) is 18.7 Å². The Morgan fingerprint density at radius 1 is 0.970 bits per heavy atom. The van der Waals surface area contributed by atoms with Crippen LogP contribution in [0.5, 0.6) is 0 Å². The number of methoxy groups -OCH3 is 2. The van der Waals surface area contributed by atoms with Gasteiger partial charge in [-0.25, -0.2) is 4.79 Å². The minimum Gasteiger partial charge on any atom is -0.445 e. The first kappa shape index (κ1) is 25.2. The molecule has 3 rings (SSSR count). The summed E-state index contributed by atoms with van der Waals surface area (Å²) in [5, 5.41) is 14.1. The van der Waals surface area contributed by atoms with Gasteiger partial charge < -0.3 is 24.6 Å². The van der Waals surface area contributed by atoms with Crippen molar-refractivity contribution in [2.24, 2.45) is 0 Å². The van der Waals surface area contributed by atoms with Gasteiger partial charge in [0.25, 0.3) is 0 Å². The number of carbonyl (C=O) groups is 1. The fourth-order valence-electron chi connectivity index (χ4n) is 4.47. The molecule has 7 heteroatoms. The van der Waals surface area contributed by atoms with Crippen LogP contribution in [0.1, 0.15) is 24.0 Å². The fourth-order valence-corrected chi connectivity index (χ4v) is 4.47. The Morgan fingerprint density at radius 3 is 2.06 bits per heavy atom. The van der Waals surface area contributed by atoms with E-state index < -0.39 is 18.2 Å². The molecule has 1 fully saturated rings. The number of aliphatic hydroxyl groups is 1. The van der Waals surface area contributed by atoms with Crippen LogP contribution in [-0.2, 0) is 27.2 Å². The average molecular weight is 457 g/mol. The normalized spacial score (nSPS) is 20.3. The highest BCUT2D eigenvalue weighted by molar-refractivity contribution is 5.67. The maximum atomic E-state index is 12.6. The van der Waals surface area contributed by atoms with E-state index in [2.05, 4.69) is 10.2 Å². The number of hydrogen-bond donors (Lipinski definition) is 2. The van der Waals surface area contributed by atoms with Gasteiger partial charge in [0.15, 0.2) is 0 Å². The molecule has 0 aliphatic carbocycles. The number of amides is 1. The van der Waals surface area contributed by atoms with Crippen molar-refractivity contribution < 1.29 is 24.1 Å². The molecule has 33 heavy (non-hydrogen) atoms. The van der Waals surface area contributed by atoms with Gasteiger partial charge in [-0.15, -0.1) is 0 Å². The molecule has 0 bridgehead atoms. The van der Waals surface area contributed by atoms with Crippen LogP contribution in [0.3, 0.4) is 0 Å². The Bertz CT molecular complexity index is 806. The minimum atomic E-state index is -0.786. The number of likely N-dealkylation sites (tertiary alicyclic amines) is 1. The number of alkyl carbamates (subject to hydrolysis) is 1. The molecule has 2 N–H and O–H groups in total. The monoisotopic (exact) mass is 456 g/mol.